The standard InChI is InChI=1S/C15H14FN3OS/c16-10-5-4-9-7-13(21-12(9)8-10)15-18-14(19-20-15)11-3-1-2-6-17-11/h4-5,7-8,11,17H,1-3,6H2. The second-order valence-corrected chi connectivity index (χ2v) is 6.34. The Hall–Kier alpha value is -1.79. The summed E-state index contributed by atoms with van der Waals surface area (Å²) in [6, 6.07) is 6.91. The van der Waals surface area contributed by atoms with Gasteiger partial charge in [-0.15, -0.1) is 11.3 Å². The average molecular weight is 303 g/mol. The van der Waals surface area contributed by atoms with Crippen LogP contribution in [0.15, 0.2) is 28.8 Å². The number of fused-ring (bicyclic) bond motifs is 1. The first kappa shape index (κ1) is 12.9. The lowest BCUT2D eigenvalue weighted by atomic mass is 10.0. The summed E-state index contributed by atoms with van der Waals surface area (Å²) in [5.74, 6) is 1.00. The van der Waals surface area contributed by atoms with E-state index in [4.69, 9.17) is 4.52 Å². The fraction of sp³-hybridized carbons (Fsp3) is 0.333. The van der Waals surface area contributed by atoms with Crippen molar-refractivity contribution < 1.29 is 8.91 Å². The second kappa shape index (κ2) is 5.20. The van der Waals surface area contributed by atoms with Gasteiger partial charge in [0.1, 0.15) is 5.82 Å². The molecule has 108 valence electrons. The monoisotopic (exact) mass is 303 g/mol. The van der Waals surface area contributed by atoms with Gasteiger partial charge in [-0.1, -0.05) is 17.6 Å². The molecule has 1 atom stereocenters. The minimum atomic E-state index is -0.228. The maximum Gasteiger partial charge on any atom is 0.268 e. The molecule has 0 amide bonds. The molecule has 0 saturated carbocycles. The van der Waals surface area contributed by atoms with Gasteiger partial charge in [0.25, 0.3) is 5.89 Å². The van der Waals surface area contributed by atoms with E-state index >= 15 is 0 Å². The van der Waals surface area contributed by atoms with E-state index in [9.17, 15) is 4.39 Å². The van der Waals surface area contributed by atoms with Crippen LogP contribution in [-0.4, -0.2) is 16.7 Å². The van der Waals surface area contributed by atoms with E-state index in [2.05, 4.69) is 15.5 Å². The summed E-state index contributed by atoms with van der Waals surface area (Å²) in [6.45, 7) is 0.997. The molecule has 0 aliphatic carbocycles. The van der Waals surface area contributed by atoms with Crippen LogP contribution in [0.1, 0.15) is 31.1 Å². The molecule has 0 bridgehead atoms. The minimum absolute atomic E-state index is 0.183. The van der Waals surface area contributed by atoms with Crippen LogP contribution in [0.4, 0.5) is 4.39 Å². The molecule has 1 aliphatic rings. The predicted octanol–water partition coefficient (Wildman–Crippen LogP) is 3.91. The molecule has 4 rings (SSSR count). The van der Waals surface area contributed by atoms with Crippen LogP contribution in [0.3, 0.4) is 0 Å². The highest BCUT2D eigenvalue weighted by molar-refractivity contribution is 7.22. The molecule has 4 nitrogen and oxygen atoms in total. The molecule has 1 aliphatic heterocycles. The SMILES string of the molecule is Fc1ccc2cc(-c3nc(C4CCCCN4)no3)sc2c1. The molecule has 21 heavy (non-hydrogen) atoms. The minimum Gasteiger partial charge on any atom is -0.333 e. The van der Waals surface area contributed by atoms with Gasteiger partial charge in [-0.2, -0.15) is 4.98 Å². The van der Waals surface area contributed by atoms with Gasteiger partial charge in [0.15, 0.2) is 5.82 Å². The normalized spacial score (nSPS) is 19.2. The number of nitrogens with one attached hydrogen (secondary N) is 1. The molecule has 0 radical (unpaired) electrons. The Morgan fingerprint density at radius 3 is 3.10 bits per heavy atom. The highest BCUT2D eigenvalue weighted by Gasteiger charge is 2.21. The number of halogens is 1. The Labute approximate surface area is 125 Å². The van der Waals surface area contributed by atoms with Crippen molar-refractivity contribution in [2.45, 2.75) is 25.3 Å². The number of hydrogen-bond acceptors (Lipinski definition) is 5. The molecule has 1 fully saturated rings. The molecule has 1 N–H and O–H groups in total. The van der Waals surface area contributed by atoms with Gasteiger partial charge < -0.3 is 9.84 Å². The third-order valence-corrected chi connectivity index (χ3v) is 4.84. The third-order valence-electron chi connectivity index (χ3n) is 3.76. The summed E-state index contributed by atoms with van der Waals surface area (Å²) < 4.78 is 19.5. The van der Waals surface area contributed by atoms with Crippen LogP contribution in [0.25, 0.3) is 20.9 Å². The van der Waals surface area contributed by atoms with Crippen molar-refractivity contribution in [3.8, 4) is 10.8 Å². The lowest BCUT2D eigenvalue weighted by Gasteiger charge is -2.19. The highest BCUT2D eigenvalue weighted by atomic mass is 32.1. The number of rotatable bonds is 2. The van der Waals surface area contributed by atoms with Gasteiger partial charge in [0.05, 0.1) is 10.9 Å². The molecule has 1 saturated heterocycles. The molecule has 6 heteroatoms. The lowest BCUT2D eigenvalue weighted by Crippen LogP contribution is -2.27. The molecular formula is C15H14FN3OS. The maximum absolute atomic E-state index is 13.2. The topological polar surface area (TPSA) is 51.0 Å². The van der Waals surface area contributed by atoms with E-state index < -0.39 is 0 Å². The largest absolute Gasteiger partial charge is 0.333 e. The van der Waals surface area contributed by atoms with Crippen LogP contribution in [-0.2, 0) is 0 Å². The maximum atomic E-state index is 13.2. The van der Waals surface area contributed by atoms with Gasteiger partial charge in [-0.3, -0.25) is 0 Å². The van der Waals surface area contributed by atoms with E-state index in [1.807, 2.05) is 6.07 Å². The smallest absolute Gasteiger partial charge is 0.268 e. The Morgan fingerprint density at radius 1 is 1.29 bits per heavy atom. The number of hydrogen-bond donors (Lipinski definition) is 1. The van der Waals surface area contributed by atoms with Gasteiger partial charge in [0.2, 0.25) is 0 Å². The number of benzene rings is 1. The van der Waals surface area contributed by atoms with Gasteiger partial charge in [-0.05, 0) is 43.0 Å². The zero-order valence-electron chi connectivity index (χ0n) is 11.3. The van der Waals surface area contributed by atoms with Crippen LogP contribution < -0.4 is 5.32 Å². The van der Waals surface area contributed by atoms with E-state index in [1.54, 1.807) is 6.07 Å². The van der Waals surface area contributed by atoms with Crippen molar-refractivity contribution in [1.29, 1.82) is 0 Å². The first-order chi connectivity index (χ1) is 10.3. The number of thiophene rings is 1. The summed E-state index contributed by atoms with van der Waals surface area (Å²) in [5.41, 5.74) is 0. The quantitative estimate of drug-likeness (QED) is 0.780. The second-order valence-electron chi connectivity index (χ2n) is 5.25. The van der Waals surface area contributed by atoms with Crippen molar-refractivity contribution in [3.63, 3.8) is 0 Å². The van der Waals surface area contributed by atoms with Gasteiger partial charge >= 0.3 is 0 Å². The van der Waals surface area contributed by atoms with Crippen molar-refractivity contribution in [1.82, 2.24) is 15.5 Å². The fourth-order valence-electron chi connectivity index (χ4n) is 2.66. The zero-order chi connectivity index (χ0) is 14.2. The lowest BCUT2D eigenvalue weighted by molar-refractivity contribution is 0.367. The number of aromatic nitrogens is 2. The van der Waals surface area contributed by atoms with E-state index in [-0.39, 0.29) is 11.9 Å². The van der Waals surface area contributed by atoms with Crippen LogP contribution in [0, 0.1) is 5.82 Å². The Kier molecular flexibility index (Phi) is 3.20. The van der Waals surface area contributed by atoms with Gasteiger partial charge in [0, 0.05) is 4.70 Å². The van der Waals surface area contributed by atoms with E-state index in [0.29, 0.717) is 11.7 Å². The molecule has 0 spiro atoms. The molecular weight excluding hydrogens is 289 g/mol. The molecule has 1 unspecified atom stereocenters. The van der Waals surface area contributed by atoms with E-state index in [0.717, 1.165) is 27.9 Å². The van der Waals surface area contributed by atoms with E-state index in [1.165, 1.54) is 36.3 Å². The number of piperidine rings is 1. The number of nitrogens with zero attached hydrogens (tertiary/aromatic N) is 2. The zero-order valence-corrected chi connectivity index (χ0v) is 12.1. The molecule has 2 aromatic heterocycles. The fourth-order valence-corrected chi connectivity index (χ4v) is 3.67. The predicted molar refractivity (Wildman–Crippen MR) is 79.7 cm³/mol. The average Bonchev–Trinajstić information content (AvgIpc) is 3.14. The first-order valence-electron chi connectivity index (χ1n) is 7.06. The summed E-state index contributed by atoms with van der Waals surface area (Å²) in [6.07, 6.45) is 3.42. The summed E-state index contributed by atoms with van der Waals surface area (Å²) in [7, 11) is 0. The van der Waals surface area contributed by atoms with Crippen molar-refractivity contribution in [2.75, 3.05) is 6.54 Å². The molecule has 1 aromatic carbocycles. The Bertz CT molecular complexity index is 776. The van der Waals surface area contributed by atoms with Crippen molar-refractivity contribution in [2.24, 2.45) is 0 Å². The Morgan fingerprint density at radius 2 is 2.24 bits per heavy atom. The summed E-state index contributed by atoms with van der Waals surface area (Å²) in [5, 5.41) is 8.48. The third kappa shape index (κ3) is 2.45. The van der Waals surface area contributed by atoms with Crippen LogP contribution in [0.5, 0.6) is 0 Å². The first-order valence-corrected chi connectivity index (χ1v) is 7.88. The van der Waals surface area contributed by atoms with Crippen molar-refractivity contribution >= 4 is 21.4 Å². The summed E-state index contributed by atoms with van der Waals surface area (Å²) in [4.78, 5) is 5.38. The Balaban J connectivity index is 1.67. The van der Waals surface area contributed by atoms with Crippen LogP contribution >= 0.6 is 11.3 Å². The van der Waals surface area contributed by atoms with Crippen molar-refractivity contribution in [3.05, 3.63) is 35.9 Å². The van der Waals surface area contributed by atoms with Crippen LogP contribution in [0.2, 0.25) is 0 Å². The highest BCUT2D eigenvalue weighted by Crippen LogP contribution is 2.33. The summed E-state index contributed by atoms with van der Waals surface area (Å²) >= 11 is 1.47. The molecule has 3 aromatic rings. The van der Waals surface area contributed by atoms with Gasteiger partial charge in [-0.25, -0.2) is 4.39 Å². The molecule has 3 heterocycles.